The van der Waals surface area contributed by atoms with E-state index in [2.05, 4.69) is 5.32 Å². The van der Waals surface area contributed by atoms with Crippen LogP contribution < -0.4 is 5.32 Å². The molecule has 2 rings (SSSR count). The second kappa shape index (κ2) is 4.87. The van der Waals surface area contributed by atoms with E-state index in [9.17, 15) is 19.5 Å². The molecule has 2 aliphatic carbocycles. The molecule has 0 spiro atoms. The number of nitriles is 1. The van der Waals surface area contributed by atoms with E-state index in [-0.39, 0.29) is 6.42 Å². The average molecular weight is 310 g/mol. The summed E-state index contributed by atoms with van der Waals surface area (Å²) in [5.41, 5.74) is -2.58. The number of carboxylic acid groups (broad SMARTS) is 2. The van der Waals surface area contributed by atoms with Crippen molar-refractivity contribution in [2.24, 2.45) is 23.7 Å². The van der Waals surface area contributed by atoms with Crippen LogP contribution in [0.3, 0.4) is 0 Å². The summed E-state index contributed by atoms with van der Waals surface area (Å²) in [5, 5.41) is 30.1. The summed E-state index contributed by atoms with van der Waals surface area (Å²) in [5.74, 6) is -5.46. The number of nitrogens with one attached hydrogen (secondary N) is 1. The Morgan fingerprint density at radius 1 is 1.32 bits per heavy atom. The minimum absolute atomic E-state index is 0.114. The van der Waals surface area contributed by atoms with Gasteiger partial charge in [0.15, 0.2) is 0 Å². The maximum Gasteiger partial charge on any atom is 0.408 e. The zero-order valence-electron chi connectivity index (χ0n) is 12.5. The molecule has 0 aromatic carbocycles. The van der Waals surface area contributed by atoms with Gasteiger partial charge in [0.05, 0.1) is 17.9 Å². The number of rotatable bonds is 3. The lowest BCUT2D eigenvalue weighted by Gasteiger charge is -2.30. The molecular weight excluding hydrogens is 292 g/mol. The van der Waals surface area contributed by atoms with Crippen molar-refractivity contribution in [2.75, 3.05) is 0 Å². The zero-order chi connectivity index (χ0) is 16.9. The summed E-state index contributed by atoms with van der Waals surface area (Å²) in [4.78, 5) is 34.9. The van der Waals surface area contributed by atoms with Crippen LogP contribution in [0, 0.1) is 35.0 Å². The first-order chi connectivity index (χ1) is 10.0. The number of hydrogen-bond donors (Lipinski definition) is 3. The first-order valence-corrected chi connectivity index (χ1v) is 6.90. The predicted octanol–water partition coefficient (Wildman–Crippen LogP) is 0.825. The standard InChI is InChI=1S/C14H18N2O6/c1-13(2,3)22-12(21)16-14(11(19)20)4-6(5-15)7-8(9(7)14)10(17)18/h6-9H,4H2,1-3H3,(H,16,21)(H,17,18)(H,19,20)/t6-,7-,8-,9-,14-/m0/s1. The molecule has 2 fully saturated rings. The van der Waals surface area contributed by atoms with Crippen molar-refractivity contribution < 1.29 is 29.3 Å². The summed E-state index contributed by atoms with van der Waals surface area (Å²) in [6.45, 7) is 4.90. The van der Waals surface area contributed by atoms with Crippen LogP contribution in [0.1, 0.15) is 27.2 Å². The first-order valence-electron chi connectivity index (χ1n) is 6.90. The number of carboxylic acids is 2. The summed E-state index contributed by atoms with van der Waals surface area (Å²) >= 11 is 0. The average Bonchev–Trinajstić information content (AvgIpc) is 3.00. The highest BCUT2D eigenvalue weighted by Crippen LogP contribution is 2.65. The van der Waals surface area contributed by atoms with Crippen molar-refractivity contribution in [3.63, 3.8) is 0 Å². The predicted molar refractivity (Wildman–Crippen MR) is 71.6 cm³/mol. The summed E-state index contributed by atoms with van der Waals surface area (Å²) in [6.07, 6.45) is -1.04. The fourth-order valence-corrected chi connectivity index (χ4v) is 3.44. The second-order valence-corrected chi connectivity index (χ2v) is 6.81. The fraction of sp³-hybridized carbons (Fsp3) is 0.714. The van der Waals surface area contributed by atoms with Crippen LogP contribution >= 0.6 is 0 Å². The molecule has 0 bridgehead atoms. The summed E-state index contributed by atoms with van der Waals surface area (Å²) in [7, 11) is 0. The van der Waals surface area contributed by atoms with Crippen LogP contribution in [0.15, 0.2) is 0 Å². The Balaban J connectivity index is 2.27. The Morgan fingerprint density at radius 3 is 2.32 bits per heavy atom. The van der Waals surface area contributed by atoms with E-state index < -0.39 is 52.8 Å². The Kier molecular flexibility index (Phi) is 3.56. The molecule has 5 atom stereocenters. The Hall–Kier alpha value is -2.30. The topological polar surface area (TPSA) is 137 Å². The molecule has 22 heavy (non-hydrogen) atoms. The summed E-state index contributed by atoms with van der Waals surface area (Å²) in [6, 6.07) is 1.95. The third-order valence-corrected chi connectivity index (χ3v) is 4.21. The van der Waals surface area contributed by atoms with Crippen molar-refractivity contribution in [3.8, 4) is 6.07 Å². The normalized spacial score (nSPS) is 35.9. The highest BCUT2D eigenvalue weighted by atomic mass is 16.6. The fourth-order valence-electron chi connectivity index (χ4n) is 3.44. The van der Waals surface area contributed by atoms with Gasteiger partial charge in [-0.1, -0.05) is 0 Å². The van der Waals surface area contributed by atoms with E-state index in [1.54, 1.807) is 20.8 Å². The number of alkyl carbamates (subject to hydrolysis) is 1. The first kappa shape index (κ1) is 16.1. The molecule has 0 unspecified atom stereocenters. The molecule has 0 radical (unpaired) electrons. The quantitative estimate of drug-likeness (QED) is 0.701. The van der Waals surface area contributed by atoms with E-state index in [0.717, 1.165) is 0 Å². The van der Waals surface area contributed by atoms with Crippen molar-refractivity contribution in [3.05, 3.63) is 0 Å². The number of hydrogen-bond acceptors (Lipinski definition) is 5. The van der Waals surface area contributed by atoms with Gasteiger partial charge in [-0.15, -0.1) is 0 Å². The third kappa shape index (κ3) is 2.47. The van der Waals surface area contributed by atoms with Crippen molar-refractivity contribution in [1.29, 1.82) is 5.26 Å². The third-order valence-electron chi connectivity index (χ3n) is 4.21. The van der Waals surface area contributed by atoms with Crippen molar-refractivity contribution in [1.82, 2.24) is 5.32 Å². The van der Waals surface area contributed by atoms with Gasteiger partial charge in [0, 0.05) is 5.92 Å². The summed E-state index contributed by atoms with van der Waals surface area (Å²) < 4.78 is 5.06. The van der Waals surface area contributed by atoms with Gasteiger partial charge >= 0.3 is 18.0 Å². The second-order valence-electron chi connectivity index (χ2n) is 6.81. The van der Waals surface area contributed by atoms with Gasteiger partial charge in [-0.2, -0.15) is 5.26 Å². The molecular formula is C14H18N2O6. The molecule has 0 saturated heterocycles. The van der Waals surface area contributed by atoms with Gasteiger partial charge in [0.1, 0.15) is 11.1 Å². The Morgan fingerprint density at radius 2 is 1.91 bits per heavy atom. The lowest BCUT2D eigenvalue weighted by Crippen LogP contribution is -2.57. The molecule has 0 aromatic heterocycles. The zero-order valence-corrected chi connectivity index (χ0v) is 12.5. The molecule has 1 amide bonds. The SMILES string of the molecule is CC(C)(C)OC(=O)N[C@@]1(C(=O)O)C[C@@H](C#N)[C@H]2[C@H](C(=O)O)[C@H]21. The highest BCUT2D eigenvalue weighted by Gasteiger charge is 2.76. The van der Waals surface area contributed by atoms with Crippen LogP contribution in [-0.2, 0) is 14.3 Å². The smallest absolute Gasteiger partial charge is 0.408 e. The van der Waals surface area contributed by atoms with Crippen LogP contribution in [-0.4, -0.2) is 39.4 Å². The van der Waals surface area contributed by atoms with Gasteiger partial charge < -0.3 is 20.3 Å². The molecule has 2 saturated carbocycles. The van der Waals surface area contributed by atoms with Crippen LogP contribution in [0.4, 0.5) is 4.79 Å². The number of ether oxygens (including phenoxy) is 1. The van der Waals surface area contributed by atoms with E-state index in [1.807, 2.05) is 6.07 Å². The van der Waals surface area contributed by atoms with E-state index >= 15 is 0 Å². The largest absolute Gasteiger partial charge is 0.481 e. The number of carbonyl (C=O) groups is 3. The van der Waals surface area contributed by atoms with Crippen LogP contribution in [0.2, 0.25) is 0 Å². The Labute approximate surface area is 127 Å². The minimum Gasteiger partial charge on any atom is -0.481 e. The lowest BCUT2D eigenvalue weighted by molar-refractivity contribution is -0.147. The van der Waals surface area contributed by atoms with E-state index in [4.69, 9.17) is 15.1 Å². The van der Waals surface area contributed by atoms with Gasteiger partial charge in [-0.25, -0.2) is 9.59 Å². The number of amides is 1. The highest BCUT2D eigenvalue weighted by molar-refractivity contribution is 5.89. The number of carbonyl (C=O) groups excluding carboxylic acids is 1. The van der Waals surface area contributed by atoms with Gasteiger partial charge in [0.2, 0.25) is 0 Å². The molecule has 8 heteroatoms. The molecule has 120 valence electrons. The minimum atomic E-state index is -1.77. The molecule has 0 aliphatic heterocycles. The van der Waals surface area contributed by atoms with Crippen molar-refractivity contribution >= 4 is 18.0 Å². The number of nitrogens with zero attached hydrogens (tertiary/aromatic N) is 1. The molecule has 2 aliphatic rings. The van der Waals surface area contributed by atoms with E-state index in [1.165, 1.54) is 0 Å². The molecule has 8 nitrogen and oxygen atoms in total. The molecule has 3 N–H and O–H groups in total. The van der Waals surface area contributed by atoms with Gasteiger partial charge in [0.25, 0.3) is 0 Å². The molecule has 0 aromatic rings. The van der Waals surface area contributed by atoms with Gasteiger partial charge in [-0.05, 0) is 33.1 Å². The monoisotopic (exact) mass is 310 g/mol. The Bertz CT molecular complexity index is 575. The maximum absolute atomic E-state index is 11.9. The number of aliphatic carboxylic acids is 2. The maximum atomic E-state index is 11.9. The van der Waals surface area contributed by atoms with Crippen LogP contribution in [0.25, 0.3) is 0 Å². The van der Waals surface area contributed by atoms with E-state index in [0.29, 0.717) is 0 Å². The lowest BCUT2D eigenvalue weighted by atomic mass is 9.87. The molecule has 0 heterocycles. The number of fused-ring (bicyclic) bond motifs is 1. The van der Waals surface area contributed by atoms with Crippen molar-refractivity contribution in [2.45, 2.75) is 38.3 Å². The van der Waals surface area contributed by atoms with Gasteiger partial charge in [-0.3, -0.25) is 4.79 Å². The van der Waals surface area contributed by atoms with Crippen LogP contribution in [0.5, 0.6) is 0 Å².